The molecule has 0 saturated carbocycles. The third-order valence-electron chi connectivity index (χ3n) is 3.20. The molecule has 4 nitrogen and oxygen atoms in total. The molecule has 1 heterocycles. The fourth-order valence-corrected chi connectivity index (χ4v) is 2.33. The maximum absolute atomic E-state index is 12.1. The number of esters is 1. The number of benzene rings is 1. The highest BCUT2D eigenvalue weighted by atomic mass is 16.6. The second-order valence-electron chi connectivity index (χ2n) is 6.26. The van der Waals surface area contributed by atoms with Gasteiger partial charge in [0.15, 0.2) is 0 Å². The van der Waals surface area contributed by atoms with Crippen LogP contribution >= 0.6 is 0 Å². The van der Waals surface area contributed by atoms with Gasteiger partial charge in [-0.05, 0) is 26.3 Å². The van der Waals surface area contributed by atoms with E-state index < -0.39 is 5.60 Å². The molecular weight excluding hydrogens is 252 g/mol. The summed E-state index contributed by atoms with van der Waals surface area (Å²) >= 11 is 0. The minimum Gasteiger partial charge on any atom is -0.459 e. The predicted octanol–water partition coefficient (Wildman–Crippen LogP) is 1.80. The third-order valence-corrected chi connectivity index (χ3v) is 3.20. The van der Waals surface area contributed by atoms with Gasteiger partial charge in [-0.15, -0.1) is 0 Å². The standard InChI is InChI=1S/C16H24N2O2/c1-16(2,3)20-15(19)14-12-18(10-9-17-14)11-13-7-5-4-6-8-13/h4-8,14,17H,9-12H2,1-3H3. The topological polar surface area (TPSA) is 41.6 Å². The molecule has 1 saturated heterocycles. The van der Waals surface area contributed by atoms with E-state index in [1.807, 2.05) is 39.0 Å². The molecule has 0 aliphatic carbocycles. The van der Waals surface area contributed by atoms with Crippen molar-refractivity contribution in [2.75, 3.05) is 19.6 Å². The molecule has 1 aliphatic rings. The SMILES string of the molecule is CC(C)(C)OC(=O)C1CN(Cc2ccccc2)CCN1. The summed E-state index contributed by atoms with van der Waals surface area (Å²) in [5, 5.41) is 3.24. The molecular formula is C16H24N2O2. The van der Waals surface area contributed by atoms with Gasteiger partial charge in [-0.25, -0.2) is 0 Å². The van der Waals surface area contributed by atoms with E-state index in [1.165, 1.54) is 5.56 Å². The normalized spacial score (nSPS) is 20.6. The lowest BCUT2D eigenvalue weighted by Gasteiger charge is -2.34. The van der Waals surface area contributed by atoms with Crippen LogP contribution in [0.15, 0.2) is 30.3 Å². The maximum Gasteiger partial charge on any atom is 0.324 e. The Balaban J connectivity index is 1.90. The molecule has 1 N–H and O–H groups in total. The summed E-state index contributed by atoms with van der Waals surface area (Å²) in [5.74, 6) is -0.157. The number of piperazine rings is 1. The molecule has 0 spiro atoms. The van der Waals surface area contributed by atoms with Crippen LogP contribution in [0.4, 0.5) is 0 Å². The first-order valence-corrected chi connectivity index (χ1v) is 7.16. The molecule has 1 aromatic rings. The van der Waals surface area contributed by atoms with Gasteiger partial charge >= 0.3 is 5.97 Å². The van der Waals surface area contributed by atoms with E-state index >= 15 is 0 Å². The lowest BCUT2D eigenvalue weighted by molar-refractivity contribution is -0.158. The number of hydrogen-bond acceptors (Lipinski definition) is 4. The largest absolute Gasteiger partial charge is 0.459 e. The van der Waals surface area contributed by atoms with Crippen molar-refractivity contribution in [3.8, 4) is 0 Å². The molecule has 1 atom stereocenters. The zero-order valence-corrected chi connectivity index (χ0v) is 12.6. The summed E-state index contributed by atoms with van der Waals surface area (Å²) < 4.78 is 5.45. The van der Waals surface area contributed by atoms with Gasteiger partial charge in [-0.1, -0.05) is 30.3 Å². The monoisotopic (exact) mass is 276 g/mol. The highest BCUT2D eigenvalue weighted by Gasteiger charge is 2.29. The smallest absolute Gasteiger partial charge is 0.324 e. The predicted molar refractivity (Wildman–Crippen MR) is 79.4 cm³/mol. The molecule has 0 amide bonds. The van der Waals surface area contributed by atoms with Crippen molar-refractivity contribution in [3.05, 3.63) is 35.9 Å². The number of carbonyl (C=O) groups is 1. The summed E-state index contributed by atoms with van der Waals surface area (Å²) in [6.07, 6.45) is 0. The lowest BCUT2D eigenvalue weighted by Crippen LogP contribution is -2.55. The first-order chi connectivity index (χ1) is 9.44. The highest BCUT2D eigenvalue weighted by Crippen LogP contribution is 2.12. The van der Waals surface area contributed by atoms with Crippen LogP contribution in [0.2, 0.25) is 0 Å². The second kappa shape index (κ2) is 6.37. The molecule has 0 bridgehead atoms. The molecule has 0 aromatic heterocycles. The zero-order chi connectivity index (χ0) is 14.6. The molecule has 2 rings (SSSR count). The Bertz CT molecular complexity index is 440. The van der Waals surface area contributed by atoms with Crippen molar-refractivity contribution >= 4 is 5.97 Å². The fraction of sp³-hybridized carbons (Fsp3) is 0.562. The van der Waals surface area contributed by atoms with Crippen molar-refractivity contribution in [1.29, 1.82) is 0 Å². The highest BCUT2D eigenvalue weighted by molar-refractivity contribution is 5.76. The summed E-state index contributed by atoms with van der Waals surface area (Å²) in [7, 11) is 0. The zero-order valence-electron chi connectivity index (χ0n) is 12.6. The summed E-state index contributed by atoms with van der Waals surface area (Å²) in [6.45, 7) is 9.04. The van der Waals surface area contributed by atoms with E-state index in [9.17, 15) is 4.79 Å². The molecule has 1 aromatic carbocycles. The van der Waals surface area contributed by atoms with Crippen LogP contribution in [-0.2, 0) is 16.1 Å². The number of hydrogen-bond donors (Lipinski definition) is 1. The molecule has 1 aliphatic heterocycles. The van der Waals surface area contributed by atoms with Crippen LogP contribution in [0.1, 0.15) is 26.3 Å². The Kier molecular flexibility index (Phi) is 4.78. The van der Waals surface area contributed by atoms with E-state index in [2.05, 4.69) is 22.3 Å². The van der Waals surface area contributed by atoms with E-state index in [1.54, 1.807) is 0 Å². The van der Waals surface area contributed by atoms with Crippen LogP contribution in [0, 0.1) is 0 Å². The fourth-order valence-electron chi connectivity index (χ4n) is 2.33. The van der Waals surface area contributed by atoms with Crippen molar-refractivity contribution < 1.29 is 9.53 Å². The van der Waals surface area contributed by atoms with Gasteiger partial charge in [0.25, 0.3) is 0 Å². The number of carbonyl (C=O) groups excluding carboxylic acids is 1. The van der Waals surface area contributed by atoms with Gasteiger partial charge in [0, 0.05) is 26.2 Å². The third kappa shape index (κ3) is 4.62. The van der Waals surface area contributed by atoms with E-state index in [0.717, 1.165) is 19.6 Å². The van der Waals surface area contributed by atoms with Crippen LogP contribution in [-0.4, -0.2) is 42.1 Å². The molecule has 20 heavy (non-hydrogen) atoms. The molecule has 110 valence electrons. The number of ether oxygens (including phenoxy) is 1. The maximum atomic E-state index is 12.1. The van der Waals surface area contributed by atoms with Gasteiger partial charge in [-0.2, -0.15) is 0 Å². The van der Waals surface area contributed by atoms with Crippen molar-refractivity contribution in [1.82, 2.24) is 10.2 Å². The first kappa shape index (κ1) is 15.0. The number of nitrogens with zero attached hydrogens (tertiary/aromatic N) is 1. The molecule has 4 heteroatoms. The Morgan fingerprint density at radius 3 is 2.70 bits per heavy atom. The summed E-state index contributed by atoms with van der Waals surface area (Å²) in [6, 6.07) is 10.1. The molecule has 1 fully saturated rings. The second-order valence-corrected chi connectivity index (χ2v) is 6.26. The Morgan fingerprint density at radius 1 is 1.35 bits per heavy atom. The average Bonchev–Trinajstić information content (AvgIpc) is 2.38. The van der Waals surface area contributed by atoms with Crippen LogP contribution in [0.5, 0.6) is 0 Å². The Labute approximate surface area is 121 Å². The Morgan fingerprint density at radius 2 is 2.05 bits per heavy atom. The number of nitrogens with one attached hydrogen (secondary N) is 1. The van der Waals surface area contributed by atoms with Gasteiger partial charge in [-0.3, -0.25) is 9.69 Å². The van der Waals surface area contributed by atoms with Crippen LogP contribution in [0.25, 0.3) is 0 Å². The van der Waals surface area contributed by atoms with Gasteiger partial charge in [0.05, 0.1) is 0 Å². The lowest BCUT2D eigenvalue weighted by atomic mass is 10.1. The minimum atomic E-state index is -0.430. The van der Waals surface area contributed by atoms with Crippen molar-refractivity contribution in [2.45, 2.75) is 39.0 Å². The van der Waals surface area contributed by atoms with Crippen molar-refractivity contribution in [3.63, 3.8) is 0 Å². The molecule has 0 radical (unpaired) electrons. The summed E-state index contributed by atoms with van der Waals surface area (Å²) in [5.41, 5.74) is 0.845. The van der Waals surface area contributed by atoms with Crippen LogP contribution < -0.4 is 5.32 Å². The van der Waals surface area contributed by atoms with Crippen molar-refractivity contribution in [2.24, 2.45) is 0 Å². The van der Waals surface area contributed by atoms with Gasteiger partial charge in [0.1, 0.15) is 11.6 Å². The van der Waals surface area contributed by atoms with E-state index in [-0.39, 0.29) is 12.0 Å². The average molecular weight is 276 g/mol. The van der Waals surface area contributed by atoms with Gasteiger partial charge < -0.3 is 10.1 Å². The van der Waals surface area contributed by atoms with E-state index in [0.29, 0.717) is 6.54 Å². The first-order valence-electron chi connectivity index (χ1n) is 7.16. The Hall–Kier alpha value is -1.39. The number of rotatable bonds is 3. The minimum absolute atomic E-state index is 0.157. The summed E-state index contributed by atoms with van der Waals surface area (Å²) in [4.78, 5) is 14.4. The quantitative estimate of drug-likeness (QED) is 0.855. The molecule has 1 unspecified atom stereocenters. The van der Waals surface area contributed by atoms with Crippen LogP contribution in [0.3, 0.4) is 0 Å². The van der Waals surface area contributed by atoms with E-state index in [4.69, 9.17) is 4.74 Å². The van der Waals surface area contributed by atoms with Gasteiger partial charge in [0.2, 0.25) is 0 Å².